The monoisotopic (exact) mass is 245 g/mol. The molecule has 4 nitrogen and oxygen atoms in total. The Morgan fingerprint density at radius 1 is 1.33 bits per heavy atom. The second kappa shape index (κ2) is 5.69. The highest BCUT2D eigenvalue weighted by Gasteiger charge is 2.14. The van der Waals surface area contributed by atoms with Crippen molar-refractivity contribution in [3.8, 4) is 5.75 Å². The molecule has 0 aliphatic rings. The molecule has 0 fully saturated rings. The van der Waals surface area contributed by atoms with Crippen molar-refractivity contribution in [3.05, 3.63) is 48.0 Å². The summed E-state index contributed by atoms with van der Waals surface area (Å²) in [4.78, 5) is 4.39. The Bertz CT molecular complexity index is 490. The molecule has 0 amide bonds. The number of aromatic nitrogens is 2. The lowest BCUT2D eigenvalue weighted by molar-refractivity contribution is 0.414. The molecule has 0 radical (unpaired) electrons. The molecule has 1 atom stereocenters. The van der Waals surface area contributed by atoms with Crippen LogP contribution in [0.5, 0.6) is 5.75 Å². The SMILES string of the molecule is CNC(Cc1ccc(OC)cc1)c1nccn1C. The van der Waals surface area contributed by atoms with E-state index in [1.165, 1.54) is 5.56 Å². The number of likely N-dealkylation sites (N-methyl/N-ethyl adjacent to an activating group) is 1. The topological polar surface area (TPSA) is 39.1 Å². The first kappa shape index (κ1) is 12.6. The average Bonchev–Trinajstić information content (AvgIpc) is 2.83. The minimum Gasteiger partial charge on any atom is -0.497 e. The molecule has 1 N–H and O–H groups in total. The van der Waals surface area contributed by atoms with Gasteiger partial charge in [0.05, 0.1) is 13.2 Å². The average molecular weight is 245 g/mol. The van der Waals surface area contributed by atoms with Crippen molar-refractivity contribution >= 4 is 0 Å². The van der Waals surface area contributed by atoms with Crippen LogP contribution in [0.4, 0.5) is 0 Å². The first-order valence-electron chi connectivity index (χ1n) is 6.02. The van der Waals surface area contributed by atoms with Gasteiger partial charge in [0, 0.05) is 19.4 Å². The van der Waals surface area contributed by atoms with Gasteiger partial charge in [0.1, 0.15) is 11.6 Å². The van der Waals surface area contributed by atoms with Crippen molar-refractivity contribution in [2.24, 2.45) is 7.05 Å². The van der Waals surface area contributed by atoms with Crippen molar-refractivity contribution in [3.63, 3.8) is 0 Å². The van der Waals surface area contributed by atoms with E-state index >= 15 is 0 Å². The maximum atomic E-state index is 5.16. The van der Waals surface area contributed by atoms with Crippen LogP contribution in [0, 0.1) is 0 Å². The standard InChI is InChI=1S/C14H19N3O/c1-15-13(14-16-8-9-17(14)2)10-11-4-6-12(18-3)7-5-11/h4-9,13,15H,10H2,1-3H3. The Balaban J connectivity index is 2.13. The molecule has 96 valence electrons. The van der Waals surface area contributed by atoms with Gasteiger partial charge < -0.3 is 14.6 Å². The van der Waals surface area contributed by atoms with Crippen LogP contribution in [-0.4, -0.2) is 23.7 Å². The highest BCUT2D eigenvalue weighted by Crippen LogP contribution is 2.18. The van der Waals surface area contributed by atoms with Crippen molar-refractivity contribution < 1.29 is 4.74 Å². The second-order valence-electron chi connectivity index (χ2n) is 4.29. The summed E-state index contributed by atoms with van der Waals surface area (Å²) in [6, 6.07) is 8.37. The Morgan fingerprint density at radius 3 is 2.56 bits per heavy atom. The highest BCUT2D eigenvalue weighted by molar-refractivity contribution is 5.28. The quantitative estimate of drug-likeness (QED) is 0.875. The van der Waals surface area contributed by atoms with Crippen LogP contribution in [0.2, 0.25) is 0 Å². The zero-order valence-corrected chi connectivity index (χ0v) is 11.1. The Hall–Kier alpha value is -1.81. The molecule has 1 unspecified atom stereocenters. The number of hydrogen-bond acceptors (Lipinski definition) is 3. The molecular weight excluding hydrogens is 226 g/mol. The maximum Gasteiger partial charge on any atom is 0.125 e. The van der Waals surface area contributed by atoms with Crippen LogP contribution in [0.3, 0.4) is 0 Å². The van der Waals surface area contributed by atoms with E-state index in [0.717, 1.165) is 18.0 Å². The fourth-order valence-corrected chi connectivity index (χ4v) is 2.03. The minimum absolute atomic E-state index is 0.221. The largest absolute Gasteiger partial charge is 0.497 e. The van der Waals surface area contributed by atoms with Crippen LogP contribution in [-0.2, 0) is 13.5 Å². The summed E-state index contributed by atoms with van der Waals surface area (Å²) in [5.41, 5.74) is 1.26. The summed E-state index contributed by atoms with van der Waals surface area (Å²) in [5, 5.41) is 3.31. The van der Waals surface area contributed by atoms with Crippen molar-refractivity contribution in [2.45, 2.75) is 12.5 Å². The van der Waals surface area contributed by atoms with Gasteiger partial charge in [-0.05, 0) is 31.2 Å². The van der Waals surface area contributed by atoms with E-state index in [1.807, 2.05) is 43.2 Å². The summed E-state index contributed by atoms with van der Waals surface area (Å²) in [6.45, 7) is 0. The molecule has 18 heavy (non-hydrogen) atoms. The molecule has 1 aromatic carbocycles. The summed E-state index contributed by atoms with van der Waals surface area (Å²) in [7, 11) is 5.66. The molecule has 2 aromatic rings. The predicted octanol–water partition coefficient (Wildman–Crippen LogP) is 1.93. The zero-order chi connectivity index (χ0) is 13.0. The molecule has 0 spiro atoms. The lowest BCUT2D eigenvalue weighted by Crippen LogP contribution is -2.22. The number of rotatable bonds is 5. The number of methoxy groups -OCH3 is 1. The summed E-state index contributed by atoms with van der Waals surface area (Å²) in [6.07, 6.45) is 4.70. The molecule has 0 saturated heterocycles. The lowest BCUT2D eigenvalue weighted by atomic mass is 10.1. The molecule has 0 aliphatic carbocycles. The van der Waals surface area contributed by atoms with Gasteiger partial charge >= 0.3 is 0 Å². The molecule has 0 saturated carbocycles. The van der Waals surface area contributed by atoms with Crippen LogP contribution < -0.4 is 10.1 Å². The summed E-state index contributed by atoms with van der Waals surface area (Å²) >= 11 is 0. The molecule has 0 bridgehead atoms. The third kappa shape index (κ3) is 2.71. The fourth-order valence-electron chi connectivity index (χ4n) is 2.03. The van der Waals surface area contributed by atoms with Gasteiger partial charge in [0.2, 0.25) is 0 Å². The van der Waals surface area contributed by atoms with Gasteiger partial charge in [-0.15, -0.1) is 0 Å². The third-order valence-electron chi connectivity index (χ3n) is 3.12. The number of nitrogens with zero attached hydrogens (tertiary/aromatic N) is 2. The molecule has 0 aliphatic heterocycles. The van der Waals surface area contributed by atoms with Gasteiger partial charge in [-0.2, -0.15) is 0 Å². The van der Waals surface area contributed by atoms with Crippen LogP contribution >= 0.6 is 0 Å². The smallest absolute Gasteiger partial charge is 0.125 e. The summed E-state index contributed by atoms with van der Waals surface area (Å²) < 4.78 is 7.21. The van der Waals surface area contributed by atoms with Gasteiger partial charge in [-0.1, -0.05) is 12.1 Å². The number of benzene rings is 1. The first-order chi connectivity index (χ1) is 8.74. The molecule has 4 heteroatoms. The normalized spacial score (nSPS) is 12.4. The van der Waals surface area contributed by atoms with E-state index < -0.39 is 0 Å². The number of nitrogens with one attached hydrogen (secondary N) is 1. The number of aryl methyl sites for hydroxylation is 1. The Morgan fingerprint density at radius 2 is 2.06 bits per heavy atom. The van der Waals surface area contributed by atoms with E-state index in [0.29, 0.717) is 0 Å². The lowest BCUT2D eigenvalue weighted by Gasteiger charge is -2.16. The Labute approximate surface area is 108 Å². The van der Waals surface area contributed by atoms with E-state index in [4.69, 9.17) is 4.74 Å². The van der Waals surface area contributed by atoms with Gasteiger partial charge in [-0.25, -0.2) is 4.98 Å². The summed E-state index contributed by atoms with van der Waals surface area (Å²) in [5.74, 6) is 1.94. The van der Waals surface area contributed by atoms with Gasteiger partial charge in [0.15, 0.2) is 0 Å². The van der Waals surface area contributed by atoms with Gasteiger partial charge in [-0.3, -0.25) is 0 Å². The number of ether oxygens (including phenoxy) is 1. The highest BCUT2D eigenvalue weighted by atomic mass is 16.5. The van der Waals surface area contributed by atoms with Gasteiger partial charge in [0.25, 0.3) is 0 Å². The number of hydrogen-bond donors (Lipinski definition) is 1. The molecule has 1 heterocycles. The minimum atomic E-state index is 0.221. The fraction of sp³-hybridized carbons (Fsp3) is 0.357. The van der Waals surface area contributed by atoms with Crippen molar-refractivity contribution in [1.29, 1.82) is 0 Å². The molecular formula is C14H19N3O. The first-order valence-corrected chi connectivity index (χ1v) is 6.02. The van der Waals surface area contributed by atoms with E-state index in [-0.39, 0.29) is 6.04 Å². The zero-order valence-electron chi connectivity index (χ0n) is 11.1. The van der Waals surface area contributed by atoms with Crippen LogP contribution in [0.1, 0.15) is 17.4 Å². The number of imidazole rings is 1. The van der Waals surface area contributed by atoms with Crippen LogP contribution in [0.25, 0.3) is 0 Å². The molecule has 1 aromatic heterocycles. The Kier molecular flexibility index (Phi) is 3.99. The maximum absolute atomic E-state index is 5.16. The molecule has 2 rings (SSSR count). The van der Waals surface area contributed by atoms with E-state index in [9.17, 15) is 0 Å². The van der Waals surface area contributed by atoms with Crippen LogP contribution in [0.15, 0.2) is 36.7 Å². The van der Waals surface area contributed by atoms with E-state index in [2.05, 4.69) is 22.4 Å². The predicted molar refractivity (Wildman–Crippen MR) is 71.7 cm³/mol. The van der Waals surface area contributed by atoms with Crippen molar-refractivity contribution in [2.75, 3.05) is 14.2 Å². The van der Waals surface area contributed by atoms with E-state index in [1.54, 1.807) is 7.11 Å². The third-order valence-corrected chi connectivity index (χ3v) is 3.12. The van der Waals surface area contributed by atoms with Crippen molar-refractivity contribution in [1.82, 2.24) is 14.9 Å². The second-order valence-corrected chi connectivity index (χ2v) is 4.29.